The first-order valence-electron chi connectivity index (χ1n) is 12.9. The number of aromatic hydroxyl groups is 1. The predicted octanol–water partition coefficient (Wildman–Crippen LogP) is 5.42. The predicted molar refractivity (Wildman–Crippen MR) is 138 cm³/mol. The maximum atomic E-state index is 13.4. The van der Waals surface area contributed by atoms with E-state index in [2.05, 4.69) is 17.4 Å². The number of ether oxygens (including phenoxy) is 1. The first-order valence-corrected chi connectivity index (χ1v) is 12.9. The summed E-state index contributed by atoms with van der Waals surface area (Å²) in [6.07, 6.45) is 6.08. The van der Waals surface area contributed by atoms with Crippen LogP contribution in [-0.4, -0.2) is 41.7 Å². The quantitative estimate of drug-likeness (QED) is 0.466. The third-order valence-electron chi connectivity index (χ3n) is 7.34. The van der Waals surface area contributed by atoms with E-state index < -0.39 is 0 Å². The molecule has 0 bridgehead atoms. The number of carbonyl (C=O) groups is 1. The third-order valence-corrected chi connectivity index (χ3v) is 7.34. The van der Waals surface area contributed by atoms with Gasteiger partial charge < -0.3 is 20.1 Å². The lowest BCUT2D eigenvalue weighted by atomic mass is 9.88. The lowest BCUT2D eigenvalue weighted by molar-refractivity contribution is 0.0660. The van der Waals surface area contributed by atoms with Crippen LogP contribution in [0.3, 0.4) is 0 Å². The zero-order chi connectivity index (χ0) is 24.9. The van der Waals surface area contributed by atoms with Gasteiger partial charge in [-0.3, -0.25) is 4.79 Å². The number of hydrogen-bond donors (Lipinski definition) is 2. The lowest BCUT2D eigenvalue weighted by Crippen LogP contribution is -2.41. The number of phenols is 1. The van der Waals surface area contributed by atoms with Gasteiger partial charge in [-0.15, -0.1) is 0 Å². The number of phenolic OH excluding ortho intramolecular Hbond substituents is 1. The van der Waals surface area contributed by atoms with Crippen molar-refractivity contribution in [3.8, 4) is 11.5 Å². The van der Waals surface area contributed by atoms with Crippen molar-refractivity contribution in [3.05, 3.63) is 94.8 Å². The number of fused-ring (bicyclic) bond motifs is 1. The Bertz CT molecular complexity index is 1170. The number of piperidine rings is 1. The topological polar surface area (TPSA) is 61.8 Å². The Morgan fingerprint density at radius 3 is 2.61 bits per heavy atom. The van der Waals surface area contributed by atoms with Crippen molar-refractivity contribution in [1.82, 2.24) is 10.2 Å². The van der Waals surface area contributed by atoms with Crippen molar-refractivity contribution in [2.24, 2.45) is 0 Å². The first kappa shape index (κ1) is 24.3. The van der Waals surface area contributed by atoms with Gasteiger partial charge in [-0.25, -0.2) is 4.39 Å². The Labute approximate surface area is 211 Å². The number of nitrogens with zero attached hydrogens (tertiary/aromatic N) is 1. The van der Waals surface area contributed by atoms with Gasteiger partial charge in [0, 0.05) is 18.2 Å². The minimum atomic E-state index is -0.361. The lowest BCUT2D eigenvalue weighted by Gasteiger charge is -2.38. The van der Waals surface area contributed by atoms with Crippen LogP contribution in [0.4, 0.5) is 4.39 Å². The summed E-state index contributed by atoms with van der Waals surface area (Å²) in [5.74, 6) is 0.605. The first-order chi connectivity index (χ1) is 17.6. The number of benzene rings is 3. The second-order valence-electron chi connectivity index (χ2n) is 9.79. The molecule has 1 fully saturated rings. The van der Waals surface area contributed by atoms with Gasteiger partial charge in [-0.05, 0) is 104 Å². The Kier molecular flexibility index (Phi) is 7.52. The number of halogens is 1. The average Bonchev–Trinajstić information content (AvgIpc) is 2.90. The molecule has 5 rings (SSSR count). The van der Waals surface area contributed by atoms with Crippen LogP contribution < -0.4 is 10.1 Å². The van der Waals surface area contributed by atoms with Crippen LogP contribution in [0.25, 0.3) is 0 Å². The van der Waals surface area contributed by atoms with E-state index in [4.69, 9.17) is 4.74 Å². The summed E-state index contributed by atoms with van der Waals surface area (Å²) in [5.41, 5.74) is 3.66. The second-order valence-corrected chi connectivity index (χ2v) is 9.79. The molecule has 1 saturated heterocycles. The van der Waals surface area contributed by atoms with Gasteiger partial charge in [-0.2, -0.15) is 0 Å². The maximum absolute atomic E-state index is 13.4. The van der Waals surface area contributed by atoms with Gasteiger partial charge in [0.1, 0.15) is 17.3 Å². The van der Waals surface area contributed by atoms with Crippen molar-refractivity contribution in [2.75, 3.05) is 19.7 Å². The van der Waals surface area contributed by atoms with Crippen LogP contribution in [0.15, 0.2) is 66.7 Å². The molecule has 3 aromatic carbocycles. The van der Waals surface area contributed by atoms with Crippen molar-refractivity contribution < 1.29 is 19.0 Å². The smallest absolute Gasteiger partial charge is 0.254 e. The molecule has 0 saturated carbocycles. The van der Waals surface area contributed by atoms with Gasteiger partial charge >= 0.3 is 0 Å². The molecule has 2 N–H and O–H groups in total. The minimum absolute atomic E-state index is 0.116. The molecule has 188 valence electrons. The van der Waals surface area contributed by atoms with E-state index in [0.29, 0.717) is 37.6 Å². The standard InChI is InChI=1S/C30H33FN2O3/c31-24-8-6-22(7-9-24)30(35)33-17-14-23-20-26(34)10-13-28(23)29(33)19-21-4-11-27(12-5-21)36-18-15-25-3-1-2-16-32-25/h4-13,20,25,29,32,34H,1-3,14-19H2. The van der Waals surface area contributed by atoms with Crippen molar-refractivity contribution >= 4 is 5.91 Å². The van der Waals surface area contributed by atoms with Crippen LogP contribution in [0.1, 0.15) is 58.8 Å². The van der Waals surface area contributed by atoms with E-state index in [1.54, 1.807) is 12.1 Å². The second kappa shape index (κ2) is 11.1. The Hall–Kier alpha value is -3.38. The summed E-state index contributed by atoms with van der Waals surface area (Å²) in [4.78, 5) is 15.3. The van der Waals surface area contributed by atoms with Crippen LogP contribution in [-0.2, 0) is 12.8 Å². The fourth-order valence-corrected chi connectivity index (χ4v) is 5.35. The number of hydrogen-bond acceptors (Lipinski definition) is 4. The van der Waals surface area contributed by atoms with Gasteiger partial charge in [-0.1, -0.05) is 24.6 Å². The number of rotatable bonds is 7. The Morgan fingerprint density at radius 2 is 1.86 bits per heavy atom. The molecular formula is C30H33FN2O3. The average molecular weight is 489 g/mol. The zero-order valence-electron chi connectivity index (χ0n) is 20.5. The summed E-state index contributed by atoms with van der Waals surface area (Å²) in [7, 11) is 0. The summed E-state index contributed by atoms with van der Waals surface area (Å²) in [5, 5.41) is 13.5. The van der Waals surface area contributed by atoms with Crippen LogP contribution in [0, 0.1) is 5.82 Å². The molecule has 0 spiro atoms. The molecule has 2 heterocycles. The minimum Gasteiger partial charge on any atom is -0.508 e. The summed E-state index contributed by atoms with van der Waals surface area (Å²) in [6, 6.07) is 19.6. The molecule has 2 unspecified atom stereocenters. The van der Waals surface area contributed by atoms with Crippen molar-refractivity contribution in [3.63, 3.8) is 0 Å². The van der Waals surface area contributed by atoms with E-state index in [9.17, 15) is 14.3 Å². The summed E-state index contributed by atoms with van der Waals surface area (Å²) < 4.78 is 19.4. The van der Waals surface area contributed by atoms with Crippen LogP contribution >= 0.6 is 0 Å². The van der Waals surface area contributed by atoms with Crippen LogP contribution in [0.5, 0.6) is 11.5 Å². The SMILES string of the molecule is O=C(c1ccc(F)cc1)N1CCc2cc(O)ccc2C1Cc1ccc(OCCC2CCCCN2)cc1. The largest absolute Gasteiger partial charge is 0.508 e. The van der Waals surface area contributed by atoms with Gasteiger partial charge in [0.2, 0.25) is 0 Å². The van der Waals surface area contributed by atoms with Crippen LogP contribution in [0.2, 0.25) is 0 Å². The molecule has 5 nitrogen and oxygen atoms in total. The molecule has 2 aliphatic heterocycles. The molecular weight excluding hydrogens is 455 g/mol. The van der Waals surface area contributed by atoms with Gasteiger partial charge in [0.25, 0.3) is 5.91 Å². The molecule has 0 radical (unpaired) electrons. The molecule has 2 aliphatic rings. The monoisotopic (exact) mass is 488 g/mol. The molecule has 0 aliphatic carbocycles. The molecule has 36 heavy (non-hydrogen) atoms. The summed E-state index contributed by atoms with van der Waals surface area (Å²) >= 11 is 0. The normalized spacial score (nSPS) is 19.5. The fraction of sp³-hybridized carbons (Fsp3) is 0.367. The van der Waals surface area contributed by atoms with Crippen molar-refractivity contribution in [1.29, 1.82) is 0 Å². The number of amides is 1. The van der Waals surface area contributed by atoms with E-state index in [0.717, 1.165) is 35.4 Å². The fourth-order valence-electron chi connectivity index (χ4n) is 5.35. The number of carbonyl (C=O) groups excluding carboxylic acids is 1. The maximum Gasteiger partial charge on any atom is 0.254 e. The highest BCUT2D eigenvalue weighted by atomic mass is 19.1. The molecule has 3 aromatic rings. The third kappa shape index (κ3) is 5.71. The molecule has 2 atom stereocenters. The van der Waals surface area contributed by atoms with E-state index in [1.165, 1.54) is 43.5 Å². The van der Waals surface area contributed by atoms with E-state index >= 15 is 0 Å². The van der Waals surface area contributed by atoms with Crippen molar-refractivity contribution in [2.45, 2.75) is 50.6 Å². The van der Waals surface area contributed by atoms with Gasteiger partial charge in [0.15, 0.2) is 0 Å². The number of nitrogens with one attached hydrogen (secondary N) is 1. The highest BCUT2D eigenvalue weighted by molar-refractivity contribution is 5.94. The zero-order valence-corrected chi connectivity index (χ0v) is 20.5. The Morgan fingerprint density at radius 1 is 1.06 bits per heavy atom. The van der Waals surface area contributed by atoms with E-state index in [1.807, 2.05) is 23.1 Å². The van der Waals surface area contributed by atoms with E-state index in [-0.39, 0.29) is 23.5 Å². The molecule has 0 aromatic heterocycles. The molecule has 6 heteroatoms. The summed E-state index contributed by atoms with van der Waals surface area (Å²) in [6.45, 7) is 2.33. The molecule has 1 amide bonds. The van der Waals surface area contributed by atoms with Gasteiger partial charge in [0.05, 0.1) is 12.6 Å². The highest BCUT2D eigenvalue weighted by Crippen LogP contribution is 2.35. The Balaban J connectivity index is 1.30. The highest BCUT2D eigenvalue weighted by Gasteiger charge is 2.31.